The first-order valence-corrected chi connectivity index (χ1v) is 7.90. The minimum atomic E-state index is -0.928. The van der Waals surface area contributed by atoms with E-state index in [1.54, 1.807) is 18.7 Å². The summed E-state index contributed by atoms with van der Waals surface area (Å²) in [5.41, 5.74) is -0.382. The third-order valence-corrected chi connectivity index (χ3v) is 4.07. The predicted octanol–water partition coefficient (Wildman–Crippen LogP) is 2.48. The smallest absolute Gasteiger partial charge is 0.328 e. The zero-order chi connectivity index (χ0) is 17.9. The minimum absolute atomic E-state index is 0.0619. The molecule has 0 radical (unpaired) electrons. The fourth-order valence-corrected chi connectivity index (χ4v) is 2.78. The van der Waals surface area contributed by atoms with E-state index in [2.05, 4.69) is 5.32 Å². The third-order valence-electron chi connectivity index (χ3n) is 4.07. The summed E-state index contributed by atoms with van der Waals surface area (Å²) in [6.07, 6.45) is 1.54. The van der Waals surface area contributed by atoms with Gasteiger partial charge in [-0.2, -0.15) is 4.39 Å². The second kappa shape index (κ2) is 7.46. The van der Waals surface area contributed by atoms with Crippen molar-refractivity contribution in [1.29, 1.82) is 0 Å². The van der Waals surface area contributed by atoms with Crippen LogP contribution >= 0.6 is 0 Å². The Balaban J connectivity index is 2.28. The van der Waals surface area contributed by atoms with Gasteiger partial charge in [0.25, 0.3) is 0 Å². The lowest BCUT2D eigenvalue weighted by molar-refractivity contribution is -0.386. The zero-order valence-electron chi connectivity index (χ0n) is 14.0. The van der Waals surface area contributed by atoms with Crippen molar-refractivity contribution in [3.63, 3.8) is 0 Å². The van der Waals surface area contributed by atoms with E-state index < -0.39 is 16.4 Å². The number of carbonyl (C=O) groups excluding carboxylic acids is 1. The maximum absolute atomic E-state index is 14.1. The van der Waals surface area contributed by atoms with Crippen molar-refractivity contribution < 1.29 is 18.8 Å². The molecule has 1 N–H and O–H groups in total. The number of anilines is 1. The molecule has 1 saturated heterocycles. The molecule has 0 bridgehead atoms. The van der Waals surface area contributed by atoms with E-state index >= 15 is 0 Å². The molecule has 1 aliphatic rings. The molecule has 1 heterocycles. The number of hydrogen-bond acceptors (Lipinski definition) is 5. The van der Waals surface area contributed by atoms with Crippen LogP contribution in [0.15, 0.2) is 12.1 Å². The summed E-state index contributed by atoms with van der Waals surface area (Å²) in [5.74, 6) is -0.902. The largest absolute Gasteiger partial charge is 0.497 e. The third kappa shape index (κ3) is 3.93. The summed E-state index contributed by atoms with van der Waals surface area (Å²) in [5, 5.41) is 14.2. The quantitative estimate of drug-likeness (QED) is 0.658. The molecular weight excluding hydrogens is 317 g/mol. The van der Waals surface area contributed by atoms with Crippen LogP contribution in [0.5, 0.6) is 5.75 Å². The van der Waals surface area contributed by atoms with Crippen molar-refractivity contribution >= 4 is 17.3 Å². The van der Waals surface area contributed by atoms with Gasteiger partial charge < -0.3 is 15.0 Å². The minimum Gasteiger partial charge on any atom is -0.497 e. The van der Waals surface area contributed by atoms with Gasteiger partial charge in [0.2, 0.25) is 11.7 Å². The highest BCUT2D eigenvalue weighted by molar-refractivity contribution is 5.78. The number of nitro benzene ring substituents is 1. The molecule has 1 aromatic carbocycles. The van der Waals surface area contributed by atoms with Crippen molar-refractivity contribution in [2.24, 2.45) is 5.92 Å². The molecule has 0 saturated carbocycles. The van der Waals surface area contributed by atoms with Gasteiger partial charge in [0.05, 0.1) is 12.0 Å². The van der Waals surface area contributed by atoms with Crippen molar-refractivity contribution in [3.8, 4) is 5.75 Å². The predicted molar refractivity (Wildman–Crippen MR) is 87.8 cm³/mol. The Hall–Kier alpha value is -2.38. The molecule has 1 amide bonds. The molecule has 2 rings (SSSR count). The van der Waals surface area contributed by atoms with Crippen LogP contribution in [-0.4, -0.2) is 37.1 Å². The van der Waals surface area contributed by atoms with E-state index in [0.717, 1.165) is 18.9 Å². The SMILES string of the molecule is COc1cc(F)c([N+](=O)[O-])c(N2CCCC(NC(=O)C(C)C)C2)c1. The Morgan fingerprint density at radius 1 is 1.50 bits per heavy atom. The van der Waals surface area contributed by atoms with Crippen molar-refractivity contribution in [3.05, 3.63) is 28.1 Å². The van der Waals surface area contributed by atoms with Gasteiger partial charge >= 0.3 is 5.69 Å². The Morgan fingerprint density at radius 2 is 2.21 bits per heavy atom. The molecule has 1 aromatic rings. The molecule has 132 valence electrons. The van der Waals surface area contributed by atoms with E-state index in [1.807, 2.05) is 0 Å². The highest BCUT2D eigenvalue weighted by Gasteiger charge is 2.30. The fourth-order valence-electron chi connectivity index (χ4n) is 2.78. The highest BCUT2D eigenvalue weighted by atomic mass is 19.1. The van der Waals surface area contributed by atoms with Gasteiger partial charge in [-0.05, 0) is 12.8 Å². The maximum atomic E-state index is 14.1. The monoisotopic (exact) mass is 339 g/mol. The molecular formula is C16H22FN3O4. The molecule has 1 aliphatic heterocycles. The van der Waals surface area contributed by atoms with E-state index in [4.69, 9.17) is 4.74 Å². The number of amides is 1. The lowest BCUT2D eigenvalue weighted by atomic mass is 10.0. The number of piperidine rings is 1. The van der Waals surface area contributed by atoms with Crippen LogP contribution in [0.3, 0.4) is 0 Å². The average molecular weight is 339 g/mol. The zero-order valence-corrected chi connectivity index (χ0v) is 14.0. The normalized spacial score (nSPS) is 17.7. The summed E-state index contributed by atoms with van der Waals surface area (Å²) >= 11 is 0. The summed E-state index contributed by atoms with van der Waals surface area (Å²) in [6.45, 7) is 4.56. The topological polar surface area (TPSA) is 84.7 Å². The average Bonchev–Trinajstić information content (AvgIpc) is 2.53. The first kappa shape index (κ1) is 18.0. The molecule has 1 unspecified atom stereocenters. The van der Waals surface area contributed by atoms with Crippen molar-refractivity contribution in [2.75, 3.05) is 25.1 Å². The van der Waals surface area contributed by atoms with Crippen molar-refractivity contribution in [2.45, 2.75) is 32.7 Å². The van der Waals surface area contributed by atoms with Gasteiger partial charge in [-0.1, -0.05) is 13.8 Å². The van der Waals surface area contributed by atoms with Gasteiger partial charge in [0.1, 0.15) is 11.4 Å². The number of nitrogens with zero attached hydrogens (tertiary/aromatic N) is 2. The molecule has 0 aromatic heterocycles. The van der Waals surface area contributed by atoms with Crippen LogP contribution in [0.1, 0.15) is 26.7 Å². The molecule has 24 heavy (non-hydrogen) atoms. The van der Waals surface area contributed by atoms with Gasteiger partial charge in [-0.15, -0.1) is 0 Å². The summed E-state index contributed by atoms with van der Waals surface area (Å²) in [6, 6.07) is 2.35. The molecule has 0 spiro atoms. The number of rotatable bonds is 5. The number of benzene rings is 1. The molecule has 8 heteroatoms. The number of carbonyl (C=O) groups is 1. The lowest BCUT2D eigenvalue weighted by Gasteiger charge is -2.34. The second-order valence-corrected chi connectivity index (χ2v) is 6.18. The van der Waals surface area contributed by atoms with Gasteiger partial charge in [-0.25, -0.2) is 0 Å². The number of ether oxygens (including phenoxy) is 1. The number of hydrogen-bond donors (Lipinski definition) is 1. The highest BCUT2D eigenvalue weighted by Crippen LogP contribution is 2.36. The van der Waals surface area contributed by atoms with Gasteiger partial charge in [0, 0.05) is 37.2 Å². The summed E-state index contributed by atoms with van der Waals surface area (Å²) in [7, 11) is 1.38. The van der Waals surface area contributed by atoms with Crippen LogP contribution in [0, 0.1) is 21.8 Å². The molecule has 1 fully saturated rings. The summed E-state index contributed by atoms with van der Waals surface area (Å²) < 4.78 is 19.1. The first-order chi connectivity index (χ1) is 11.3. The van der Waals surface area contributed by atoms with Gasteiger partial charge in [0.15, 0.2) is 0 Å². The molecule has 0 aliphatic carbocycles. The number of nitro groups is 1. The number of halogens is 1. The van der Waals surface area contributed by atoms with Gasteiger partial charge in [-0.3, -0.25) is 14.9 Å². The van der Waals surface area contributed by atoms with E-state index in [9.17, 15) is 19.3 Å². The number of nitrogens with one attached hydrogen (secondary N) is 1. The van der Waals surface area contributed by atoms with Crippen LogP contribution in [0.4, 0.5) is 15.8 Å². The summed E-state index contributed by atoms with van der Waals surface area (Å²) in [4.78, 5) is 24.1. The molecule has 1 atom stereocenters. The maximum Gasteiger partial charge on any atom is 0.328 e. The Morgan fingerprint density at radius 3 is 2.79 bits per heavy atom. The first-order valence-electron chi connectivity index (χ1n) is 7.90. The fraction of sp³-hybridized carbons (Fsp3) is 0.562. The van der Waals surface area contributed by atoms with E-state index in [1.165, 1.54) is 13.2 Å². The standard InChI is InChI=1S/C16H22FN3O4/c1-10(2)16(21)18-11-5-4-6-19(9-11)14-8-12(24-3)7-13(17)15(14)20(22)23/h7-8,10-11H,4-6,9H2,1-3H3,(H,18,21). The Bertz CT molecular complexity index is 636. The van der Waals surface area contributed by atoms with E-state index in [0.29, 0.717) is 13.1 Å². The van der Waals surface area contributed by atoms with Crippen molar-refractivity contribution in [1.82, 2.24) is 5.32 Å². The lowest BCUT2D eigenvalue weighted by Crippen LogP contribution is -2.49. The van der Waals surface area contributed by atoms with Crippen LogP contribution in [0.25, 0.3) is 0 Å². The van der Waals surface area contributed by atoms with E-state index in [-0.39, 0.29) is 29.3 Å². The number of methoxy groups -OCH3 is 1. The Labute approximate surface area is 139 Å². The van der Waals surface area contributed by atoms with Crippen LogP contribution < -0.4 is 15.0 Å². The Kier molecular flexibility index (Phi) is 5.58. The van der Waals surface area contributed by atoms with Crippen LogP contribution in [-0.2, 0) is 4.79 Å². The molecule has 7 nitrogen and oxygen atoms in total. The van der Waals surface area contributed by atoms with Crippen LogP contribution in [0.2, 0.25) is 0 Å². The second-order valence-electron chi connectivity index (χ2n) is 6.18.